The highest BCUT2D eigenvalue weighted by atomic mass is 32.2. The third-order valence-corrected chi connectivity index (χ3v) is 4.85. The molecule has 0 bridgehead atoms. The van der Waals surface area contributed by atoms with Crippen LogP contribution >= 0.6 is 11.8 Å². The predicted molar refractivity (Wildman–Crippen MR) is 105 cm³/mol. The first kappa shape index (κ1) is 19.0. The number of para-hydroxylation sites is 1. The fraction of sp³-hybridized carbons (Fsp3) is 0.250. The van der Waals surface area contributed by atoms with Crippen LogP contribution in [0.1, 0.15) is 22.6 Å². The second kappa shape index (κ2) is 8.73. The predicted octanol–water partition coefficient (Wildman–Crippen LogP) is 4.02. The first-order valence-corrected chi connectivity index (χ1v) is 9.48. The largest absolute Gasteiger partial charge is 0.497 e. The average molecular weight is 383 g/mol. The Morgan fingerprint density at radius 3 is 2.48 bits per heavy atom. The number of hydrogen-bond acceptors (Lipinski definition) is 6. The van der Waals surface area contributed by atoms with Crippen LogP contribution in [-0.4, -0.2) is 29.0 Å². The first-order valence-electron chi connectivity index (χ1n) is 8.49. The summed E-state index contributed by atoms with van der Waals surface area (Å²) in [6.07, 6.45) is 0.534. The van der Waals surface area contributed by atoms with Crippen molar-refractivity contribution < 1.29 is 13.9 Å². The number of amides is 1. The maximum atomic E-state index is 12.2. The molecule has 0 fully saturated rings. The zero-order valence-corrected chi connectivity index (χ0v) is 16.3. The van der Waals surface area contributed by atoms with Crippen molar-refractivity contribution in [2.45, 2.75) is 25.5 Å². The van der Waals surface area contributed by atoms with Crippen molar-refractivity contribution >= 4 is 23.4 Å². The minimum absolute atomic E-state index is 0.104. The number of hydrogen-bond donors (Lipinski definition) is 1. The minimum Gasteiger partial charge on any atom is -0.497 e. The molecule has 3 rings (SSSR count). The highest BCUT2D eigenvalue weighted by Crippen LogP contribution is 2.22. The van der Waals surface area contributed by atoms with E-state index < -0.39 is 0 Å². The first-order chi connectivity index (χ1) is 13.0. The summed E-state index contributed by atoms with van der Waals surface area (Å²) in [6.45, 7) is 3.94. The molecule has 2 aromatic carbocycles. The van der Waals surface area contributed by atoms with Crippen LogP contribution in [0, 0.1) is 13.8 Å². The van der Waals surface area contributed by atoms with Gasteiger partial charge in [-0.15, -0.1) is 10.2 Å². The Bertz CT molecular complexity index is 902. The zero-order valence-electron chi connectivity index (χ0n) is 15.5. The molecule has 0 atom stereocenters. The number of thioether (sulfide) groups is 1. The molecule has 140 valence electrons. The summed E-state index contributed by atoms with van der Waals surface area (Å²) in [5, 5.41) is 11.4. The highest BCUT2D eigenvalue weighted by Gasteiger charge is 2.12. The Balaban J connectivity index is 1.53. The molecule has 0 saturated carbocycles. The van der Waals surface area contributed by atoms with Crippen LogP contribution in [0.2, 0.25) is 0 Å². The molecule has 3 aromatic rings. The number of carbonyl (C=O) groups is 1. The number of rotatable bonds is 7. The van der Waals surface area contributed by atoms with E-state index >= 15 is 0 Å². The lowest BCUT2D eigenvalue weighted by Crippen LogP contribution is -2.15. The second-order valence-electron chi connectivity index (χ2n) is 6.09. The van der Waals surface area contributed by atoms with Crippen LogP contribution in [0.15, 0.2) is 52.1 Å². The van der Waals surface area contributed by atoms with Gasteiger partial charge in [0.15, 0.2) is 0 Å². The second-order valence-corrected chi connectivity index (χ2v) is 7.02. The Hall–Kier alpha value is -2.80. The number of ether oxygens (including phenoxy) is 1. The van der Waals surface area contributed by atoms with Gasteiger partial charge in [0, 0.05) is 5.69 Å². The molecule has 1 N–H and O–H groups in total. The van der Waals surface area contributed by atoms with Crippen molar-refractivity contribution in [3.63, 3.8) is 0 Å². The van der Waals surface area contributed by atoms with Crippen molar-refractivity contribution in [3.05, 3.63) is 65.0 Å². The van der Waals surface area contributed by atoms with Gasteiger partial charge in [-0.3, -0.25) is 4.79 Å². The Morgan fingerprint density at radius 2 is 1.81 bits per heavy atom. The number of aryl methyl sites for hydroxylation is 2. The van der Waals surface area contributed by atoms with E-state index in [9.17, 15) is 4.79 Å². The molecule has 1 aromatic heterocycles. The molecule has 1 amide bonds. The normalized spacial score (nSPS) is 10.6. The molecular formula is C20H21N3O3S. The van der Waals surface area contributed by atoms with Crippen molar-refractivity contribution in [2.24, 2.45) is 0 Å². The van der Waals surface area contributed by atoms with Gasteiger partial charge in [-0.1, -0.05) is 42.1 Å². The van der Waals surface area contributed by atoms with Crippen molar-refractivity contribution in [1.82, 2.24) is 10.2 Å². The van der Waals surface area contributed by atoms with Gasteiger partial charge in [-0.05, 0) is 42.7 Å². The van der Waals surface area contributed by atoms with E-state index in [0.29, 0.717) is 17.5 Å². The van der Waals surface area contributed by atoms with E-state index in [4.69, 9.17) is 9.15 Å². The smallest absolute Gasteiger partial charge is 0.277 e. The van der Waals surface area contributed by atoms with Crippen LogP contribution in [0.3, 0.4) is 0 Å². The summed E-state index contributed by atoms with van der Waals surface area (Å²) in [5.41, 5.74) is 3.97. The van der Waals surface area contributed by atoms with Gasteiger partial charge >= 0.3 is 0 Å². The fourth-order valence-corrected chi connectivity index (χ4v) is 3.18. The van der Waals surface area contributed by atoms with Crippen LogP contribution in [-0.2, 0) is 11.2 Å². The molecule has 6 nitrogen and oxygen atoms in total. The minimum atomic E-state index is -0.104. The van der Waals surface area contributed by atoms with Crippen molar-refractivity contribution in [2.75, 3.05) is 18.2 Å². The quantitative estimate of drug-likeness (QED) is 0.621. The summed E-state index contributed by atoms with van der Waals surface area (Å²) >= 11 is 1.22. The summed E-state index contributed by atoms with van der Waals surface area (Å²) in [7, 11) is 1.63. The molecular weight excluding hydrogens is 362 g/mol. The molecule has 1 heterocycles. The molecule has 0 radical (unpaired) electrons. The van der Waals surface area contributed by atoms with Gasteiger partial charge in [0.1, 0.15) is 5.75 Å². The van der Waals surface area contributed by atoms with Crippen molar-refractivity contribution in [3.8, 4) is 5.75 Å². The molecule has 0 aliphatic heterocycles. The molecule has 0 saturated heterocycles. The maximum absolute atomic E-state index is 12.2. The van der Waals surface area contributed by atoms with Gasteiger partial charge < -0.3 is 14.5 Å². The SMILES string of the molecule is COc1ccc(Cc2nnc(SCC(=O)Nc3c(C)cccc3C)o2)cc1. The van der Waals surface area contributed by atoms with Gasteiger partial charge in [0.05, 0.1) is 19.3 Å². The number of anilines is 1. The Morgan fingerprint density at radius 1 is 1.11 bits per heavy atom. The van der Waals surface area contributed by atoms with Crippen LogP contribution < -0.4 is 10.1 Å². The lowest BCUT2D eigenvalue weighted by atomic mass is 10.1. The number of methoxy groups -OCH3 is 1. The van der Waals surface area contributed by atoms with Gasteiger partial charge in [0.2, 0.25) is 11.8 Å². The number of benzene rings is 2. The van der Waals surface area contributed by atoms with Crippen molar-refractivity contribution in [1.29, 1.82) is 0 Å². The van der Waals surface area contributed by atoms with E-state index in [2.05, 4.69) is 15.5 Å². The van der Waals surface area contributed by atoms with Crippen LogP contribution in [0.5, 0.6) is 5.75 Å². The molecule has 7 heteroatoms. The monoisotopic (exact) mass is 383 g/mol. The number of nitrogens with zero attached hydrogens (tertiary/aromatic N) is 2. The van der Waals surface area contributed by atoms with Gasteiger partial charge in [-0.2, -0.15) is 0 Å². The van der Waals surface area contributed by atoms with Crippen LogP contribution in [0.25, 0.3) is 0 Å². The van der Waals surface area contributed by atoms with E-state index in [1.807, 2.05) is 56.3 Å². The Kier molecular flexibility index (Phi) is 6.13. The average Bonchev–Trinajstić information content (AvgIpc) is 3.11. The molecule has 0 spiro atoms. The van der Waals surface area contributed by atoms with Gasteiger partial charge in [0.25, 0.3) is 5.22 Å². The van der Waals surface area contributed by atoms with E-state index in [1.54, 1.807) is 7.11 Å². The maximum Gasteiger partial charge on any atom is 0.277 e. The fourth-order valence-electron chi connectivity index (χ4n) is 2.60. The third-order valence-electron chi connectivity index (χ3n) is 4.03. The molecule has 27 heavy (non-hydrogen) atoms. The van der Waals surface area contributed by atoms with E-state index in [-0.39, 0.29) is 11.7 Å². The summed E-state index contributed by atoms with van der Waals surface area (Å²) in [6, 6.07) is 13.6. The topological polar surface area (TPSA) is 77.2 Å². The van der Waals surface area contributed by atoms with E-state index in [0.717, 1.165) is 28.1 Å². The number of carbonyl (C=O) groups excluding carboxylic acids is 1. The standard InChI is InChI=1S/C20H21N3O3S/c1-13-5-4-6-14(2)19(13)21-17(24)12-27-20-23-22-18(26-20)11-15-7-9-16(25-3)10-8-15/h4-10H,11-12H2,1-3H3,(H,21,24). The summed E-state index contributed by atoms with van der Waals surface area (Å²) in [5.74, 6) is 1.42. The number of nitrogens with one attached hydrogen (secondary N) is 1. The highest BCUT2D eigenvalue weighted by molar-refractivity contribution is 7.99. The van der Waals surface area contributed by atoms with Gasteiger partial charge in [-0.25, -0.2) is 0 Å². The van der Waals surface area contributed by atoms with Crippen LogP contribution in [0.4, 0.5) is 5.69 Å². The zero-order chi connectivity index (χ0) is 19.2. The Labute approximate surface area is 162 Å². The lowest BCUT2D eigenvalue weighted by molar-refractivity contribution is -0.113. The molecule has 0 aliphatic rings. The third kappa shape index (κ3) is 5.10. The summed E-state index contributed by atoms with van der Waals surface area (Å²) < 4.78 is 10.8. The molecule has 0 aliphatic carbocycles. The number of aromatic nitrogens is 2. The molecule has 0 unspecified atom stereocenters. The summed E-state index contributed by atoms with van der Waals surface area (Å²) in [4.78, 5) is 12.2. The van der Waals surface area contributed by atoms with E-state index in [1.165, 1.54) is 11.8 Å². The lowest BCUT2D eigenvalue weighted by Gasteiger charge is -2.10.